The Morgan fingerprint density at radius 1 is 1.33 bits per heavy atom. The molecule has 0 saturated carbocycles. The monoisotopic (exact) mass is 380 g/mol. The van der Waals surface area contributed by atoms with Crippen molar-refractivity contribution < 1.29 is 12.8 Å². The van der Waals surface area contributed by atoms with Crippen LogP contribution in [0.5, 0.6) is 0 Å². The zero-order valence-corrected chi connectivity index (χ0v) is 15.5. The topological polar surface area (TPSA) is 71.3 Å². The molecule has 0 aliphatic rings. The molecule has 0 aromatic carbocycles. The van der Waals surface area contributed by atoms with E-state index in [1.165, 1.54) is 0 Å². The van der Waals surface area contributed by atoms with Gasteiger partial charge in [-0.3, -0.25) is 0 Å². The molecule has 1 aromatic heterocycles. The lowest BCUT2D eigenvalue weighted by molar-refractivity contribution is 0.350. The third-order valence-electron chi connectivity index (χ3n) is 3.42. The van der Waals surface area contributed by atoms with Crippen molar-refractivity contribution >= 4 is 26.0 Å². The van der Waals surface area contributed by atoms with E-state index >= 15 is 0 Å². The minimum absolute atomic E-state index is 0.0746. The Kier molecular flexibility index (Phi) is 6.90. The summed E-state index contributed by atoms with van der Waals surface area (Å²) in [6.07, 6.45) is 1.91. The Morgan fingerprint density at radius 3 is 2.57 bits per heavy atom. The van der Waals surface area contributed by atoms with Crippen LogP contribution < -0.4 is 10.0 Å². The van der Waals surface area contributed by atoms with Crippen molar-refractivity contribution in [3.63, 3.8) is 0 Å². The fraction of sp³-hybridized carbons (Fsp3) is 0.714. The molecular formula is C14H25BrN2O3S. The molecule has 5 nitrogen and oxygen atoms in total. The molecule has 0 radical (unpaired) electrons. The normalized spacial score (nSPS) is 12.8. The van der Waals surface area contributed by atoms with E-state index in [1.807, 2.05) is 20.8 Å². The van der Waals surface area contributed by atoms with E-state index in [2.05, 4.69) is 32.9 Å². The molecule has 1 heterocycles. The Morgan fingerprint density at radius 2 is 2.00 bits per heavy atom. The van der Waals surface area contributed by atoms with Crippen LogP contribution in [0.3, 0.4) is 0 Å². The molecule has 0 spiro atoms. The van der Waals surface area contributed by atoms with Crippen LogP contribution in [0, 0.1) is 5.41 Å². The van der Waals surface area contributed by atoms with Crippen LogP contribution in [0.2, 0.25) is 0 Å². The molecule has 0 aliphatic carbocycles. The number of hydrogen-bond acceptors (Lipinski definition) is 4. The van der Waals surface area contributed by atoms with E-state index in [9.17, 15) is 8.42 Å². The summed E-state index contributed by atoms with van der Waals surface area (Å²) < 4.78 is 33.0. The highest BCUT2D eigenvalue weighted by Crippen LogP contribution is 2.27. The van der Waals surface area contributed by atoms with Crippen molar-refractivity contribution in [3.8, 4) is 0 Å². The van der Waals surface area contributed by atoms with Crippen LogP contribution in [0.4, 0.5) is 0 Å². The van der Waals surface area contributed by atoms with Crippen molar-refractivity contribution in [1.82, 2.24) is 10.0 Å². The van der Waals surface area contributed by atoms with Gasteiger partial charge < -0.3 is 9.73 Å². The van der Waals surface area contributed by atoms with Gasteiger partial charge in [0.2, 0.25) is 10.0 Å². The summed E-state index contributed by atoms with van der Waals surface area (Å²) in [5.41, 5.74) is -0.0746. The highest BCUT2D eigenvalue weighted by Gasteiger charge is 2.25. The fourth-order valence-electron chi connectivity index (χ4n) is 1.55. The third kappa shape index (κ3) is 5.73. The van der Waals surface area contributed by atoms with Gasteiger partial charge in [0.25, 0.3) is 0 Å². The van der Waals surface area contributed by atoms with Gasteiger partial charge in [-0.05, 0) is 40.7 Å². The summed E-state index contributed by atoms with van der Waals surface area (Å²) >= 11 is 3.19. The Bertz CT molecular complexity index is 553. The van der Waals surface area contributed by atoms with Crippen LogP contribution >= 0.6 is 15.9 Å². The van der Waals surface area contributed by atoms with Gasteiger partial charge in [0.05, 0.1) is 6.54 Å². The molecule has 0 fully saturated rings. The van der Waals surface area contributed by atoms with Gasteiger partial charge >= 0.3 is 0 Å². The molecule has 1 aromatic rings. The van der Waals surface area contributed by atoms with E-state index < -0.39 is 10.0 Å². The van der Waals surface area contributed by atoms with Crippen molar-refractivity contribution in [1.29, 1.82) is 0 Å². The smallest absolute Gasteiger partial charge is 0.244 e. The van der Waals surface area contributed by atoms with Gasteiger partial charge in [0.1, 0.15) is 10.7 Å². The first-order valence-corrected chi connectivity index (χ1v) is 9.48. The second kappa shape index (κ2) is 7.76. The average molecular weight is 381 g/mol. The van der Waals surface area contributed by atoms with E-state index in [1.54, 1.807) is 6.07 Å². The minimum Gasteiger partial charge on any atom is -0.452 e. The number of halogens is 1. The molecule has 0 saturated heterocycles. The molecule has 21 heavy (non-hydrogen) atoms. The lowest BCUT2D eigenvalue weighted by atomic mass is 9.91. The van der Waals surface area contributed by atoms with E-state index in [0.717, 1.165) is 19.4 Å². The number of hydrogen-bond donors (Lipinski definition) is 2. The standard InChI is InChI=1S/C14H25BrN2O3S/c1-5-7-16-9-11-8-12(13(15)20-11)21(18,19)17-10-14(3,4)6-2/h8,16-17H,5-7,9-10H2,1-4H3. The fourth-order valence-corrected chi connectivity index (χ4v) is 3.79. The van der Waals surface area contributed by atoms with Gasteiger partial charge in [-0.15, -0.1) is 0 Å². The molecule has 0 amide bonds. The maximum atomic E-state index is 12.3. The van der Waals surface area contributed by atoms with Crippen molar-refractivity contribution in [2.24, 2.45) is 5.41 Å². The number of furan rings is 1. The molecule has 7 heteroatoms. The van der Waals surface area contributed by atoms with Gasteiger partial charge in [-0.25, -0.2) is 13.1 Å². The summed E-state index contributed by atoms with van der Waals surface area (Å²) in [6.45, 7) is 9.94. The lowest BCUT2D eigenvalue weighted by Crippen LogP contribution is -2.33. The van der Waals surface area contributed by atoms with Crippen molar-refractivity contribution in [2.45, 2.75) is 52.0 Å². The van der Waals surface area contributed by atoms with E-state index in [0.29, 0.717) is 18.8 Å². The van der Waals surface area contributed by atoms with Gasteiger partial charge in [0.15, 0.2) is 4.67 Å². The second-order valence-electron chi connectivity index (χ2n) is 5.87. The molecule has 0 unspecified atom stereocenters. The Labute approximate surface area is 136 Å². The molecule has 0 atom stereocenters. The van der Waals surface area contributed by atoms with Crippen LogP contribution in [0.15, 0.2) is 20.0 Å². The first-order valence-electron chi connectivity index (χ1n) is 7.20. The van der Waals surface area contributed by atoms with Crippen LogP contribution in [0.25, 0.3) is 0 Å². The maximum Gasteiger partial charge on any atom is 0.244 e. The van der Waals surface area contributed by atoms with Crippen molar-refractivity contribution in [2.75, 3.05) is 13.1 Å². The van der Waals surface area contributed by atoms with Gasteiger partial charge in [-0.2, -0.15) is 0 Å². The predicted molar refractivity (Wildman–Crippen MR) is 87.7 cm³/mol. The number of sulfonamides is 1. The summed E-state index contributed by atoms with van der Waals surface area (Å²) in [7, 11) is -3.56. The molecule has 0 aliphatic heterocycles. The Hall–Kier alpha value is -0.370. The van der Waals surface area contributed by atoms with Gasteiger partial charge in [0, 0.05) is 12.6 Å². The average Bonchev–Trinajstić information content (AvgIpc) is 2.79. The van der Waals surface area contributed by atoms with E-state index in [4.69, 9.17) is 4.42 Å². The molecular weight excluding hydrogens is 356 g/mol. The molecule has 0 bridgehead atoms. The van der Waals surface area contributed by atoms with Crippen LogP contribution in [-0.4, -0.2) is 21.5 Å². The van der Waals surface area contributed by atoms with Crippen LogP contribution in [-0.2, 0) is 16.6 Å². The predicted octanol–water partition coefficient (Wildman–Crippen LogP) is 3.26. The number of rotatable bonds is 9. The summed E-state index contributed by atoms with van der Waals surface area (Å²) in [5.74, 6) is 0.602. The molecule has 122 valence electrons. The van der Waals surface area contributed by atoms with E-state index in [-0.39, 0.29) is 15.0 Å². The molecule has 1 rings (SSSR count). The summed E-state index contributed by atoms with van der Waals surface area (Å²) in [6, 6.07) is 1.56. The lowest BCUT2D eigenvalue weighted by Gasteiger charge is -2.22. The summed E-state index contributed by atoms with van der Waals surface area (Å²) in [4.78, 5) is 0.155. The van der Waals surface area contributed by atoms with Gasteiger partial charge in [-0.1, -0.05) is 27.7 Å². The maximum absolute atomic E-state index is 12.3. The van der Waals surface area contributed by atoms with Crippen molar-refractivity contribution in [3.05, 3.63) is 16.5 Å². The zero-order valence-electron chi connectivity index (χ0n) is 13.1. The highest BCUT2D eigenvalue weighted by atomic mass is 79.9. The van der Waals surface area contributed by atoms with Crippen LogP contribution in [0.1, 0.15) is 46.3 Å². The second-order valence-corrected chi connectivity index (χ2v) is 8.33. The quantitative estimate of drug-likeness (QED) is 0.644. The Balaban J connectivity index is 2.79. The summed E-state index contributed by atoms with van der Waals surface area (Å²) in [5, 5.41) is 3.18. The SMILES string of the molecule is CCCNCc1cc(S(=O)(=O)NCC(C)(C)CC)c(Br)o1. The largest absolute Gasteiger partial charge is 0.452 e. The number of nitrogens with one attached hydrogen (secondary N) is 2. The first kappa shape index (κ1) is 18.7. The highest BCUT2D eigenvalue weighted by molar-refractivity contribution is 9.10. The minimum atomic E-state index is -3.56. The third-order valence-corrected chi connectivity index (χ3v) is 5.68. The zero-order chi connectivity index (χ0) is 16.1. The molecule has 2 N–H and O–H groups in total. The first-order chi connectivity index (χ1) is 9.72.